The molecule has 1 N–H and O–H groups in total. The fraction of sp³-hybridized carbons (Fsp3) is 0.381. The van der Waals surface area contributed by atoms with Crippen LogP contribution in [0.25, 0.3) is 0 Å². The molecule has 0 saturated heterocycles. The number of hydrogen-bond acceptors (Lipinski definition) is 4. The first-order chi connectivity index (χ1) is 14.1. The lowest BCUT2D eigenvalue weighted by Crippen LogP contribution is -2.18. The number of aryl methyl sites for hydroxylation is 1. The highest BCUT2D eigenvalue weighted by molar-refractivity contribution is 9.10. The van der Waals surface area contributed by atoms with Gasteiger partial charge in [-0.25, -0.2) is 4.68 Å². The summed E-state index contributed by atoms with van der Waals surface area (Å²) in [5.74, 6) is 1.64. The first kappa shape index (κ1) is 20.2. The normalized spacial score (nSPS) is 14.8. The molecule has 1 aromatic carbocycles. The summed E-state index contributed by atoms with van der Waals surface area (Å²) in [6.45, 7) is 1.98. The topological polar surface area (TPSA) is 64.7 Å². The minimum Gasteiger partial charge on any atom is -0.325 e. The smallest absolute Gasteiger partial charge is 0.234 e. The summed E-state index contributed by atoms with van der Waals surface area (Å²) in [6, 6.07) is 9.80. The van der Waals surface area contributed by atoms with Crippen LogP contribution >= 0.6 is 27.7 Å². The van der Waals surface area contributed by atoms with E-state index in [0.717, 1.165) is 39.5 Å². The molecular weight excluding hydrogens is 450 g/mol. The van der Waals surface area contributed by atoms with E-state index < -0.39 is 0 Å². The van der Waals surface area contributed by atoms with Crippen LogP contribution in [0.1, 0.15) is 49.4 Å². The second-order valence-corrected chi connectivity index (χ2v) is 9.20. The summed E-state index contributed by atoms with van der Waals surface area (Å²) in [4.78, 5) is 12.5. The summed E-state index contributed by atoms with van der Waals surface area (Å²) in [5, 5.41) is 12.7. The Bertz CT molecular complexity index is 979. The van der Waals surface area contributed by atoms with Crippen molar-refractivity contribution in [1.29, 1.82) is 0 Å². The molecule has 1 saturated carbocycles. The van der Waals surface area contributed by atoms with Crippen LogP contribution in [0, 0.1) is 6.92 Å². The minimum atomic E-state index is -0.0540. The van der Waals surface area contributed by atoms with Gasteiger partial charge in [-0.15, -0.1) is 10.2 Å². The van der Waals surface area contributed by atoms with E-state index >= 15 is 0 Å². The maximum absolute atomic E-state index is 12.5. The minimum absolute atomic E-state index is 0.0540. The van der Waals surface area contributed by atoms with Crippen LogP contribution in [0.2, 0.25) is 0 Å². The van der Waals surface area contributed by atoms with Gasteiger partial charge in [0.25, 0.3) is 0 Å². The maximum Gasteiger partial charge on any atom is 0.234 e. The molecule has 1 aliphatic carbocycles. The molecule has 8 heteroatoms. The summed E-state index contributed by atoms with van der Waals surface area (Å²) < 4.78 is 5.06. The van der Waals surface area contributed by atoms with E-state index in [1.54, 1.807) is 0 Å². The van der Waals surface area contributed by atoms with Gasteiger partial charge in [-0.3, -0.25) is 9.47 Å². The first-order valence-corrected chi connectivity index (χ1v) is 11.7. The molecule has 1 fully saturated rings. The number of halogens is 1. The standard InChI is InChI=1S/C21H24BrN5OS/c1-15-13-17(22)9-10-18(15)23-19(28)14-29-21-25-24-20(16-7-3-2-4-8-16)27(21)26-11-5-6-12-26/h5-6,9-13,16H,2-4,7-8,14H2,1H3,(H,23,28). The number of hydrogen-bond donors (Lipinski definition) is 1. The van der Waals surface area contributed by atoms with Gasteiger partial charge in [0.15, 0.2) is 5.82 Å². The van der Waals surface area contributed by atoms with Crippen molar-refractivity contribution in [3.05, 3.63) is 58.6 Å². The molecule has 2 heterocycles. The predicted molar refractivity (Wildman–Crippen MR) is 119 cm³/mol. The van der Waals surface area contributed by atoms with Crippen molar-refractivity contribution >= 4 is 39.3 Å². The Balaban J connectivity index is 1.49. The number of thioether (sulfide) groups is 1. The molecule has 0 unspecified atom stereocenters. The van der Waals surface area contributed by atoms with Crippen LogP contribution in [0.4, 0.5) is 5.69 Å². The SMILES string of the molecule is Cc1cc(Br)ccc1NC(=O)CSc1nnc(C2CCCCC2)n1-n1cccc1. The van der Waals surface area contributed by atoms with Crippen LogP contribution < -0.4 is 5.32 Å². The second-order valence-electron chi connectivity index (χ2n) is 7.35. The molecule has 4 rings (SSSR count). The van der Waals surface area contributed by atoms with Crippen molar-refractivity contribution in [3.8, 4) is 0 Å². The number of carbonyl (C=O) groups excluding carboxylic acids is 1. The van der Waals surface area contributed by atoms with Crippen molar-refractivity contribution < 1.29 is 4.79 Å². The fourth-order valence-electron chi connectivity index (χ4n) is 3.74. The molecule has 0 atom stereocenters. The molecule has 0 aliphatic heterocycles. The molecule has 1 aliphatic rings. The number of carbonyl (C=O) groups is 1. The average molecular weight is 474 g/mol. The Morgan fingerprint density at radius 1 is 1.21 bits per heavy atom. The molecule has 0 radical (unpaired) electrons. The van der Waals surface area contributed by atoms with Crippen molar-refractivity contribution in [2.45, 2.75) is 50.1 Å². The number of aromatic nitrogens is 4. The lowest BCUT2D eigenvalue weighted by atomic mass is 9.89. The Morgan fingerprint density at radius 2 is 1.97 bits per heavy atom. The summed E-state index contributed by atoms with van der Waals surface area (Å²) in [6.07, 6.45) is 10.0. The third kappa shape index (κ3) is 4.75. The van der Waals surface area contributed by atoms with Gasteiger partial charge in [-0.05, 0) is 55.7 Å². The van der Waals surface area contributed by atoms with E-state index in [-0.39, 0.29) is 11.7 Å². The third-order valence-corrected chi connectivity index (χ3v) is 6.63. The van der Waals surface area contributed by atoms with Gasteiger partial charge < -0.3 is 5.32 Å². The van der Waals surface area contributed by atoms with E-state index in [9.17, 15) is 4.79 Å². The zero-order valence-electron chi connectivity index (χ0n) is 16.3. The lowest BCUT2D eigenvalue weighted by Gasteiger charge is -2.22. The number of amides is 1. The van der Waals surface area contributed by atoms with Crippen LogP contribution in [0.5, 0.6) is 0 Å². The predicted octanol–water partition coefficient (Wildman–Crippen LogP) is 5.24. The zero-order chi connectivity index (χ0) is 20.2. The first-order valence-electron chi connectivity index (χ1n) is 9.89. The van der Waals surface area contributed by atoms with Gasteiger partial charge in [0.2, 0.25) is 11.1 Å². The van der Waals surface area contributed by atoms with E-state index in [1.807, 2.05) is 54.3 Å². The van der Waals surface area contributed by atoms with Crippen molar-refractivity contribution in [2.24, 2.45) is 0 Å². The number of rotatable bonds is 6. The van der Waals surface area contributed by atoms with Gasteiger partial charge in [-0.2, -0.15) is 0 Å². The molecule has 29 heavy (non-hydrogen) atoms. The molecule has 6 nitrogen and oxygen atoms in total. The van der Waals surface area contributed by atoms with Crippen molar-refractivity contribution in [2.75, 3.05) is 11.1 Å². The number of nitrogens with one attached hydrogen (secondary N) is 1. The van der Waals surface area contributed by atoms with Gasteiger partial charge in [0.1, 0.15) is 0 Å². The quantitative estimate of drug-likeness (QED) is 0.497. The van der Waals surface area contributed by atoms with Gasteiger partial charge in [-0.1, -0.05) is 47.0 Å². The Hall–Kier alpha value is -2.06. The highest BCUT2D eigenvalue weighted by atomic mass is 79.9. The second kappa shape index (κ2) is 9.17. The fourth-order valence-corrected chi connectivity index (χ4v) is 4.96. The summed E-state index contributed by atoms with van der Waals surface area (Å²) in [5.41, 5.74) is 1.85. The van der Waals surface area contributed by atoms with Crippen LogP contribution in [-0.2, 0) is 4.79 Å². The molecule has 0 bridgehead atoms. The Morgan fingerprint density at radius 3 is 2.69 bits per heavy atom. The summed E-state index contributed by atoms with van der Waals surface area (Å²) in [7, 11) is 0. The third-order valence-electron chi connectivity index (χ3n) is 5.22. The van der Waals surface area contributed by atoms with E-state index in [1.165, 1.54) is 31.0 Å². The highest BCUT2D eigenvalue weighted by Crippen LogP contribution is 2.33. The largest absolute Gasteiger partial charge is 0.325 e. The molecular formula is C21H24BrN5OS. The van der Waals surface area contributed by atoms with Gasteiger partial charge >= 0.3 is 0 Å². The van der Waals surface area contributed by atoms with Gasteiger partial charge in [0.05, 0.1) is 5.75 Å². The number of benzene rings is 1. The average Bonchev–Trinajstić information content (AvgIpc) is 3.38. The van der Waals surface area contributed by atoms with E-state index in [0.29, 0.717) is 5.92 Å². The van der Waals surface area contributed by atoms with Crippen molar-refractivity contribution in [1.82, 2.24) is 19.5 Å². The molecule has 152 valence electrons. The molecule has 2 aromatic heterocycles. The van der Waals surface area contributed by atoms with Crippen LogP contribution in [-0.4, -0.2) is 31.2 Å². The Labute approximate surface area is 183 Å². The summed E-state index contributed by atoms with van der Waals surface area (Å²) >= 11 is 4.86. The molecule has 0 spiro atoms. The number of anilines is 1. The highest BCUT2D eigenvalue weighted by Gasteiger charge is 2.24. The Kier molecular flexibility index (Phi) is 6.40. The van der Waals surface area contributed by atoms with Crippen LogP contribution in [0.3, 0.4) is 0 Å². The molecule has 1 amide bonds. The zero-order valence-corrected chi connectivity index (χ0v) is 18.7. The van der Waals surface area contributed by atoms with E-state index in [4.69, 9.17) is 0 Å². The number of nitrogens with zero attached hydrogens (tertiary/aromatic N) is 4. The van der Waals surface area contributed by atoms with Crippen molar-refractivity contribution in [3.63, 3.8) is 0 Å². The molecule has 3 aromatic rings. The maximum atomic E-state index is 12.5. The van der Waals surface area contributed by atoms with Gasteiger partial charge in [0, 0.05) is 28.5 Å². The lowest BCUT2D eigenvalue weighted by molar-refractivity contribution is -0.113. The van der Waals surface area contributed by atoms with E-state index in [2.05, 4.69) is 36.1 Å². The monoisotopic (exact) mass is 473 g/mol. The van der Waals surface area contributed by atoms with Crippen LogP contribution in [0.15, 0.2) is 52.4 Å².